The first-order valence-electron chi connectivity index (χ1n) is 2.35. The molecule has 1 aliphatic rings. The van der Waals surface area contributed by atoms with Gasteiger partial charge in [0.2, 0.25) is 0 Å². The van der Waals surface area contributed by atoms with Crippen LogP contribution in [0.25, 0.3) is 0 Å². The Kier molecular flexibility index (Phi) is 1.40. The van der Waals surface area contributed by atoms with E-state index in [1.165, 1.54) is 12.2 Å². The molecule has 1 rings (SSSR count). The summed E-state index contributed by atoms with van der Waals surface area (Å²) < 4.78 is 0. The van der Waals surface area contributed by atoms with Crippen LogP contribution in [-0.2, 0) is 4.79 Å². The van der Waals surface area contributed by atoms with Gasteiger partial charge in [0.15, 0.2) is 5.78 Å². The van der Waals surface area contributed by atoms with Crippen molar-refractivity contribution in [2.45, 2.75) is 0 Å². The minimum absolute atomic E-state index is 0.0359. The highest BCUT2D eigenvalue weighted by Crippen LogP contribution is 1.81. The summed E-state index contributed by atoms with van der Waals surface area (Å²) in [6, 6.07) is 0. The highest BCUT2D eigenvalue weighted by molar-refractivity contribution is 6.04. The molecule has 2 nitrogen and oxygen atoms in total. The smallest absolute Gasteiger partial charge is 0.187 e. The molecule has 0 bridgehead atoms. The van der Waals surface area contributed by atoms with Crippen molar-refractivity contribution in [2.75, 3.05) is 6.54 Å². The van der Waals surface area contributed by atoms with Crippen molar-refractivity contribution in [1.29, 1.82) is 0 Å². The Morgan fingerprint density at radius 2 is 2.62 bits per heavy atom. The lowest BCUT2D eigenvalue weighted by Gasteiger charge is -1.71. The lowest BCUT2D eigenvalue weighted by Crippen LogP contribution is -1.81. The largest absolute Gasteiger partial charge is 0.289 e. The number of nitrogens with zero attached hydrogens (tertiary/aromatic N) is 1. The molecule has 0 N–H and O–H groups in total. The molecule has 1 heterocycles. The van der Waals surface area contributed by atoms with Gasteiger partial charge in [-0.05, 0) is 11.9 Å². The lowest BCUT2D eigenvalue weighted by molar-refractivity contribution is -0.110. The highest BCUT2D eigenvalue weighted by atomic mass is 16.1. The minimum Gasteiger partial charge on any atom is -0.289 e. The second-order valence-corrected chi connectivity index (χ2v) is 1.42. The van der Waals surface area contributed by atoms with Crippen LogP contribution >= 0.6 is 0 Å². The number of hydrogen-bond donors (Lipinski definition) is 0. The molecule has 40 valence electrons. The zero-order valence-electron chi connectivity index (χ0n) is 4.29. The molecule has 0 amide bonds. The van der Waals surface area contributed by atoms with E-state index in [9.17, 15) is 4.79 Å². The Bertz CT molecular complexity index is 185. The average molecular weight is 107 g/mol. The first kappa shape index (κ1) is 5.01. The van der Waals surface area contributed by atoms with Crippen molar-refractivity contribution in [2.24, 2.45) is 4.99 Å². The second kappa shape index (κ2) is 2.24. The summed E-state index contributed by atoms with van der Waals surface area (Å²) >= 11 is 0. The van der Waals surface area contributed by atoms with Crippen LogP contribution in [0.15, 0.2) is 23.2 Å². The van der Waals surface area contributed by atoms with E-state index in [2.05, 4.69) is 10.9 Å². The summed E-state index contributed by atoms with van der Waals surface area (Å²) in [5.41, 5.74) is 0. The Morgan fingerprint density at radius 1 is 1.75 bits per heavy atom. The molecule has 0 aliphatic carbocycles. The van der Waals surface area contributed by atoms with Gasteiger partial charge in [-0.3, -0.25) is 4.79 Å². The fourth-order valence-electron chi connectivity index (χ4n) is 0.432. The van der Waals surface area contributed by atoms with Gasteiger partial charge in [0.1, 0.15) is 0 Å². The number of carbonyl (C=O) groups is 1. The highest BCUT2D eigenvalue weighted by Gasteiger charge is 1.87. The summed E-state index contributed by atoms with van der Waals surface area (Å²) in [4.78, 5) is 14.1. The lowest BCUT2D eigenvalue weighted by atomic mass is 10.3. The van der Waals surface area contributed by atoms with Crippen LogP contribution in [0.5, 0.6) is 0 Å². The van der Waals surface area contributed by atoms with Gasteiger partial charge in [-0.1, -0.05) is 6.08 Å². The second-order valence-electron chi connectivity index (χ2n) is 1.42. The van der Waals surface area contributed by atoms with E-state index in [1.54, 1.807) is 6.08 Å². The minimum atomic E-state index is -0.0359. The van der Waals surface area contributed by atoms with Gasteiger partial charge in [0.05, 0.1) is 6.54 Å². The van der Waals surface area contributed by atoms with Gasteiger partial charge < -0.3 is 0 Å². The molecule has 0 aromatic carbocycles. The van der Waals surface area contributed by atoms with Gasteiger partial charge >= 0.3 is 0 Å². The SMILES string of the molecule is O=C1C=C=NCC=C1. The van der Waals surface area contributed by atoms with E-state index >= 15 is 0 Å². The normalized spacial score (nSPS) is 16.8. The van der Waals surface area contributed by atoms with E-state index < -0.39 is 0 Å². The maximum atomic E-state index is 10.4. The van der Waals surface area contributed by atoms with Crippen molar-refractivity contribution in [1.82, 2.24) is 0 Å². The fraction of sp³-hybridized carbons (Fsp3) is 0.167. The Balaban J connectivity index is 2.84. The van der Waals surface area contributed by atoms with Gasteiger partial charge in [-0.25, -0.2) is 4.99 Å². The molecule has 2 heteroatoms. The molecule has 0 aromatic heterocycles. The maximum absolute atomic E-state index is 10.4. The standard InChI is InChI=1S/C6H5NO/c8-6-2-1-4-7-5-3-6/h1-3H,4H2. The summed E-state index contributed by atoms with van der Waals surface area (Å²) in [7, 11) is 0. The Labute approximate surface area is 47.2 Å². The van der Waals surface area contributed by atoms with Crippen LogP contribution in [0.2, 0.25) is 0 Å². The van der Waals surface area contributed by atoms with Gasteiger partial charge in [-0.2, -0.15) is 0 Å². The summed E-state index contributed by atoms with van der Waals surface area (Å²) in [5, 5.41) is 0. The zero-order chi connectivity index (χ0) is 5.82. The Hall–Kier alpha value is -1.14. The van der Waals surface area contributed by atoms with Gasteiger partial charge in [-0.15, -0.1) is 0 Å². The third kappa shape index (κ3) is 1.17. The first-order chi connectivity index (χ1) is 3.89. The number of ketones is 1. The maximum Gasteiger partial charge on any atom is 0.187 e. The molecule has 0 saturated carbocycles. The number of rotatable bonds is 0. The fourth-order valence-corrected chi connectivity index (χ4v) is 0.432. The molecule has 0 atom stereocenters. The van der Waals surface area contributed by atoms with E-state index in [1.807, 2.05) is 0 Å². The summed E-state index contributed by atoms with van der Waals surface area (Å²) in [5.74, 6) is 2.45. The monoisotopic (exact) mass is 107 g/mol. The number of hydrogen-bond acceptors (Lipinski definition) is 2. The zero-order valence-corrected chi connectivity index (χ0v) is 4.29. The van der Waals surface area contributed by atoms with Crippen LogP contribution in [0, 0.1) is 0 Å². The average Bonchev–Trinajstić information content (AvgIpc) is 1.94. The molecule has 1 aliphatic heterocycles. The van der Waals surface area contributed by atoms with Crippen LogP contribution in [0.4, 0.5) is 0 Å². The van der Waals surface area contributed by atoms with Crippen LogP contribution < -0.4 is 0 Å². The topological polar surface area (TPSA) is 29.4 Å². The van der Waals surface area contributed by atoms with Crippen LogP contribution in [0.1, 0.15) is 0 Å². The number of aliphatic imine (C=N–C) groups is 1. The predicted octanol–water partition coefficient (Wildman–Crippen LogP) is 0.351. The molecule has 0 fully saturated rings. The van der Waals surface area contributed by atoms with Crippen molar-refractivity contribution in [3.8, 4) is 0 Å². The molecule has 0 spiro atoms. The molecule has 0 aromatic rings. The third-order valence-corrected chi connectivity index (χ3v) is 0.777. The molecule has 0 unspecified atom stereocenters. The van der Waals surface area contributed by atoms with E-state index in [-0.39, 0.29) is 5.78 Å². The Morgan fingerprint density at radius 3 is 3.50 bits per heavy atom. The van der Waals surface area contributed by atoms with Crippen molar-refractivity contribution in [3.05, 3.63) is 18.2 Å². The number of allylic oxidation sites excluding steroid dienone is 2. The van der Waals surface area contributed by atoms with Crippen LogP contribution in [0.3, 0.4) is 0 Å². The first-order valence-corrected chi connectivity index (χ1v) is 2.35. The third-order valence-electron chi connectivity index (χ3n) is 0.777. The van der Waals surface area contributed by atoms with Gasteiger partial charge in [0.25, 0.3) is 0 Å². The quantitative estimate of drug-likeness (QED) is 0.439. The molecule has 0 radical (unpaired) electrons. The van der Waals surface area contributed by atoms with E-state index in [0.29, 0.717) is 6.54 Å². The van der Waals surface area contributed by atoms with Gasteiger partial charge in [0, 0.05) is 6.08 Å². The molecule has 8 heavy (non-hydrogen) atoms. The summed E-state index contributed by atoms with van der Waals surface area (Å²) in [6.45, 7) is 0.572. The van der Waals surface area contributed by atoms with Crippen molar-refractivity contribution < 1.29 is 4.79 Å². The molecule has 0 saturated heterocycles. The van der Waals surface area contributed by atoms with E-state index in [4.69, 9.17) is 0 Å². The number of carbonyl (C=O) groups excluding carboxylic acids is 1. The molecular formula is C6H5NO. The van der Waals surface area contributed by atoms with Crippen molar-refractivity contribution >= 4 is 11.7 Å². The van der Waals surface area contributed by atoms with Crippen molar-refractivity contribution in [3.63, 3.8) is 0 Å². The summed E-state index contributed by atoms with van der Waals surface area (Å²) in [6.07, 6.45) is 4.52. The predicted molar refractivity (Wildman–Crippen MR) is 31.0 cm³/mol. The molecular weight excluding hydrogens is 102 g/mol. The van der Waals surface area contributed by atoms with Crippen LogP contribution in [-0.4, -0.2) is 18.2 Å². The van der Waals surface area contributed by atoms with E-state index in [0.717, 1.165) is 0 Å².